The van der Waals surface area contributed by atoms with Gasteiger partial charge >= 0.3 is 5.69 Å². The van der Waals surface area contributed by atoms with Crippen LogP contribution in [0, 0.1) is 5.92 Å². The number of para-hydroxylation sites is 1. The van der Waals surface area contributed by atoms with Crippen molar-refractivity contribution in [2.45, 2.75) is 64.1 Å². The number of nitrogens with two attached hydrogens (primary N) is 1. The molecule has 10 heteroatoms. The van der Waals surface area contributed by atoms with Gasteiger partial charge < -0.3 is 30.6 Å². The number of nitrogens with zero attached hydrogens (tertiary/aromatic N) is 2. The van der Waals surface area contributed by atoms with Crippen molar-refractivity contribution in [3.63, 3.8) is 0 Å². The Morgan fingerprint density at radius 3 is 2.62 bits per heavy atom. The number of rotatable bonds is 13. The number of imidazole rings is 1. The number of H-pyrrole nitrogens is 1. The van der Waals surface area contributed by atoms with Gasteiger partial charge in [0.05, 0.1) is 11.1 Å². The molecule has 10 nitrogen and oxygen atoms in total. The second-order valence-electron chi connectivity index (χ2n) is 11.7. The van der Waals surface area contributed by atoms with Crippen LogP contribution in [0.3, 0.4) is 0 Å². The Bertz CT molecular complexity index is 1550. The van der Waals surface area contributed by atoms with Gasteiger partial charge in [0.2, 0.25) is 11.8 Å². The average Bonchev–Trinajstić information content (AvgIpc) is 3.60. The van der Waals surface area contributed by atoms with Crippen LogP contribution in [0.2, 0.25) is 0 Å². The van der Waals surface area contributed by atoms with Crippen molar-refractivity contribution in [2.24, 2.45) is 11.7 Å². The number of nitrogens with one attached hydrogen (secondary N) is 2. The maximum Gasteiger partial charge on any atom is 0.326 e. The van der Waals surface area contributed by atoms with Gasteiger partial charge in [-0.3, -0.25) is 9.36 Å². The molecule has 4 aromatic rings. The summed E-state index contributed by atoms with van der Waals surface area (Å²) in [7, 11) is 0. The van der Waals surface area contributed by atoms with E-state index in [4.69, 9.17) is 15.2 Å². The largest absolute Gasteiger partial charge is 0.489 e. The lowest BCUT2D eigenvalue weighted by atomic mass is 9.94. The van der Waals surface area contributed by atoms with E-state index in [1.54, 1.807) is 16.7 Å². The van der Waals surface area contributed by atoms with Crippen LogP contribution in [0.25, 0.3) is 11.0 Å². The number of pyridine rings is 1. The molecule has 2 aromatic carbocycles. The number of β-amino-alcohol motifs (C(OH)–C–C–N with tert-alkyl or cyclic N) is 1. The Labute approximate surface area is 244 Å². The van der Waals surface area contributed by atoms with E-state index in [1.807, 2.05) is 42.5 Å². The van der Waals surface area contributed by atoms with Crippen molar-refractivity contribution < 1.29 is 19.4 Å². The summed E-state index contributed by atoms with van der Waals surface area (Å²) in [6.07, 6.45) is 6.09. The SMILES string of the molecule is CC(C)(Cc1ccc(Oc2ccc(C(N)=O)cn2)cc1)NCC(O)COc1cccc2[nH]c(=O)n(CC3CCCC3)c12. The lowest BCUT2D eigenvalue weighted by Crippen LogP contribution is -2.46. The monoisotopic (exact) mass is 573 g/mol. The lowest BCUT2D eigenvalue weighted by molar-refractivity contribution is 0.0993. The molecule has 1 saturated carbocycles. The molecule has 222 valence electrons. The molecule has 2 aromatic heterocycles. The van der Waals surface area contributed by atoms with Crippen molar-refractivity contribution in [2.75, 3.05) is 13.2 Å². The van der Waals surface area contributed by atoms with Crippen molar-refractivity contribution in [1.82, 2.24) is 19.9 Å². The minimum absolute atomic E-state index is 0.103. The Morgan fingerprint density at radius 1 is 1.17 bits per heavy atom. The third kappa shape index (κ3) is 7.37. The summed E-state index contributed by atoms with van der Waals surface area (Å²) < 4.78 is 13.6. The molecule has 1 aliphatic carbocycles. The highest BCUT2D eigenvalue weighted by Gasteiger charge is 2.22. The van der Waals surface area contributed by atoms with Crippen LogP contribution >= 0.6 is 0 Å². The predicted molar refractivity (Wildman–Crippen MR) is 161 cm³/mol. The molecule has 0 spiro atoms. The number of hydrogen-bond acceptors (Lipinski definition) is 7. The number of primary amides is 1. The van der Waals surface area contributed by atoms with Gasteiger partial charge in [0, 0.05) is 30.9 Å². The highest BCUT2D eigenvalue weighted by molar-refractivity contribution is 5.92. The minimum atomic E-state index is -0.738. The van der Waals surface area contributed by atoms with Crippen LogP contribution in [-0.4, -0.2) is 50.3 Å². The minimum Gasteiger partial charge on any atom is -0.489 e. The number of hydrogen-bond donors (Lipinski definition) is 4. The molecule has 0 aliphatic heterocycles. The fraction of sp³-hybridized carbons (Fsp3) is 0.406. The van der Waals surface area contributed by atoms with E-state index in [9.17, 15) is 14.7 Å². The number of aromatic amines is 1. The fourth-order valence-electron chi connectivity index (χ4n) is 5.52. The molecule has 0 saturated heterocycles. The maximum atomic E-state index is 12.7. The highest BCUT2D eigenvalue weighted by atomic mass is 16.5. The second-order valence-corrected chi connectivity index (χ2v) is 11.7. The van der Waals surface area contributed by atoms with E-state index in [0.29, 0.717) is 41.9 Å². The molecule has 0 radical (unpaired) electrons. The van der Waals surface area contributed by atoms with Crippen molar-refractivity contribution in [3.05, 3.63) is 82.4 Å². The molecule has 5 rings (SSSR count). The number of aliphatic hydroxyl groups is 1. The van der Waals surface area contributed by atoms with Crippen molar-refractivity contribution in [3.8, 4) is 17.4 Å². The van der Waals surface area contributed by atoms with Gasteiger partial charge in [-0.05, 0) is 74.9 Å². The fourth-order valence-corrected chi connectivity index (χ4v) is 5.52. The number of aliphatic hydroxyl groups excluding tert-OH is 1. The van der Waals surface area contributed by atoms with Crippen molar-refractivity contribution in [1.29, 1.82) is 0 Å². The van der Waals surface area contributed by atoms with E-state index >= 15 is 0 Å². The Kier molecular flexibility index (Phi) is 8.94. The Morgan fingerprint density at radius 2 is 1.93 bits per heavy atom. The summed E-state index contributed by atoms with van der Waals surface area (Å²) in [4.78, 5) is 30.9. The standard InChI is InChI=1S/C32H39N5O5/c1-32(2,16-21-10-13-25(14-11-21)42-28-15-12-23(17-34-28)30(33)39)35-18-24(38)20-41-27-9-5-8-26-29(27)37(31(40)36-26)19-22-6-3-4-7-22/h5,8-15,17,22,24,35,38H,3-4,6-7,16,18-20H2,1-2H3,(H2,33,39)(H,36,40). The van der Waals surface area contributed by atoms with Gasteiger partial charge in [0.1, 0.15) is 29.7 Å². The Hall–Kier alpha value is -4.15. The zero-order chi connectivity index (χ0) is 29.7. The molecule has 42 heavy (non-hydrogen) atoms. The third-order valence-corrected chi connectivity index (χ3v) is 7.73. The Balaban J connectivity index is 1.12. The van der Waals surface area contributed by atoms with E-state index < -0.39 is 12.0 Å². The maximum absolute atomic E-state index is 12.7. The van der Waals surface area contributed by atoms with E-state index in [-0.39, 0.29) is 17.8 Å². The third-order valence-electron chi connectivity index (χ3n) is 7.73. The molecule has 1 fully saturated rings. The average molecular weight is 574 g/mol. The van der Waals surface area contributed by atoms with E-state index in [1.165, 1.54) is 19.0 Å². The van der Waals surface area contributed by atoms with Crippen LogP contribution in [0.5, 0.6) is 17.4 Å². The lowest BCUT2D eigenvalue weighted by Gasteiger charge is -2.28. The molecule has 0 bridgehead atoms. The molecular weight excluding hydrogens is 534 g/mol. The summed E-state index contributed by atoms with van der Waals surface area (Å²) in [6, 6.07) is 16.5. The first-order valence-corrected chi connectivity index (χ1v) is 14.5. The van der Waals surface area contributed by atoms with Crippen LogP contribution in [0.1, 0.15) is 55.5 Å². The molecule has 1 aliphatic rings. The number of carbonyl (C=O) groups is 1. The molecule has 2 heterocycles. The number of fused-ring (bicyclic) bond motifs is 1. The van der Waals surface area contributed by atoms with Crippen LogP contribution in [0.4, 0.5) is 0 Å². The molecular formula is C32H39N5O5. The summed E-state index contributed by atoms with van der Waals surface area (Å²) in [5.74, 6) is 1.57. The smallest absolute Gasteiger partial charge is 0.326 e. The normalized spacial score (nSPS) is 14.7. The van der Waals surface area contributed by atoms with Crippen LogP contribution in [-0.2, 0) is 13.0 Å². The van der Waals surface area contributed by atoms with Gasteiger partial charge in [-0.15, -0.1) is 0 Å². The van der Waals surface area contributed by atoms with E-state index in [0.717, 1.165) is 35.9 Å². The van der Waals surface area contributed by atoms with Gasteiger partial charge in [-0.25, -0.2) is 9.78 Å². The first-order chi connectivity index (χ1) is 20.2. The summed E-state index contributed by atoms with van der Waals surface area (Å²) in [5, 5.41) is 14.2. The highest BCUT2D eigenvalue weighted by Crippen LogP contribution is 2.29. The molecule has 1 unspecified atom stereocenters. The molecule has 5 N–H and O–H groups in total. The molecule has 1 atom stereocenters. The number of benzene rings is 2. The topological polar surface area (TPSA) is 144 Å². The zero-order valence-electron chi connectivity index (χ0n) is 24.1. The second kappa shape index (κ2) is 12.8. The summed E-state index contributed by atoms with van der Waals surface area (Å²) >= 11 is 0. The number of carbonyl (C=O) groups excluding carboxylic acids is 1. The summed E-state index contributed by atoms with van der Waals surface area (Å²) in [5.41, 5.74) is 7.77. The number of ether oxygens (including phenoxy) is 2. The predicted octanol–water partition coefficient (Wildman–Crippen LogP) is 4.16. The first kappa shape index (κ1) is 29.3. The first-order valence-electron chi connectivity index (χ1n) is 14.5. The van der Waals surface area contributed by atoms with Crippen molar-refractivity contribution >= 4 is 16.9 Å². The van der Waals surface area contributed by atoms with Gasteiger partial charge in [0.15, 0.2) is 0 Å². The quantitative estimate of drug-likeness (QED) is 0.188. The number of aromatic nitrogens is 3. The molecule has 1 amide bonds. The van der Waals surface area contributed by atoms with Crippen LogP contribution < -0.4 is 26.2 Å². The van der Waals surface area contributed by atoms with Crippen LogP contribution in [0.15, 0.2) is 65.6 Å². The summed E-state index contributed by atoms with van der Waals surface area (Å²) in [6.45, 7) is 5.30. The van der Waals surface area contributed by atoms with E-state index in [2.05, 4.69) is 29.1 Å². The number of amides is 1. The van der Waals surface area contributed by atoms with Gasteiger partial charge in [0.25, 0.3) is 0 Å². The zero-order valence-corrected chi connectivity index (χ0v) is 24.1. The van der Waals surface area contributed by atoms with Gasteiger partial charge in [-0.2, -0.15) is 0 Å². The van der Waals surface area contributed by atoms with Gasteiger partial charge in [-0.1, -0.05) is 31.0 Å².